The molecule has 1 saturated carbocycles. The van der Waals surface area contributed by atoms with Crippen molar-refractivity contribution in [2.75, 3.05) is 40.5 Å². The average molecular weight is 633 g/mol. The topological polar surface area (TPSA) is 141 Å². The number of hydrogen-bond acceptors (Lipinski definition) is 7. The number of carbonyl (C=O) groups excluding carboxylic acids is 2. The Balaban J connectivity index is 1.57. The fourth-order valence-corrected chi connectivity index (χ4v) is 6.58. The van der Waals surface area contributed by atoms with Gasteiger partial charge in [-0.25, -0.2) is 18.2 Å². The number of rotatable bonds is 18. The SMILES string of the molecule is CCCCCCNc1ccc(S(=O)(=O)Nc2cccc(NC(=O)N[C@H](CC3CCCCC3)C(=O)NCCCSC)c2)cn1. The molecule has 0 spiro atoms. The Labute approximate surface area is 261 Å². The molecule has 0 aliphatic heterocycles. The Morgan fingerprint density at radius 1 is 1.00 bits per heavy atom. The maximum Gasteiger partial charge on any atom is 0.319 e. The molecule has 1 aromatic heterocycles. The van der Waals surface area contributed by atoms with Crippen LogP contribution in [0.4, 0.5) is 22.0 Å². The predicted molar refractivity (Wildman–Crippen MR) is 177 cm³/mol. The summed E-state index contributed by atoms with van der Waals surface area (Å²) < 4.78 is 28.6. The van der Waals surface area contributed by atoms with Gasteiger partial charge in [0, 0.05) is 25.0 Å². The van der Waals surface area contributed by atoms with Gasteiger partial charge in [-0.3, -0.25) is 9.52 Å². The Hall–Kier alpha value is -2.99. The van der Waals surface area contributed by atoms with E-state index in [1.165, 1.54) is 37.6 Å². The van der Waals surface area contributed by atoms with E-state index in [4.69, 9.17) is 0 Å². The minimum absolute atomic E-state index is 0.0363. The van der Waals surface area contributed by atoms with Gasteiger partial charge in [0.25, 0.3) is 10.0 Å². The van der Waals surface area contributed by atoms with Crippen molar-refractivity contribution in [2.45, 2.75) is 88.5 Å². The number of urea groups is 1. The van der Waals surface area contributed by atoms with Crippen LogP contribution in [0.1, 0.15) is 77.6 Å². The summed E-state index contributed by atoms with van der Waals surface area (Å²) in [5, 5.41) is 11.8. The Morgan fingerprint density at radius 2 is 1.79 bits per heavy atom. The van der Waals surface area contributed by atoms with Gasteiger partial charge in [-0.2, -0.15) is 11.8 Å². The summed E-state index contributed by atoms with van der Waals surface area (Å²) in [6.07, 6.45) is 15.0. The summed E-state index contributed by atoms with van der Waals surface area (Å²) in [6.45, 7) is 3.52. The standard InChI is InChI=1S/C31H48N6O4S2/c1-3-4-5-9-18-32-29-17-16-27(23-34-29)43(40,41)37-26-15-10-14-25(22-26)35-31(39)36-28(21-24-12-7-6-8-13-24)30(38)33-19-11-20-42-2/h10,14-17,22-24,28,37H,3-9,11-13,18-21H2,1-2H3,(H,32,34)(H,33,38)(H2,35,36,39)/t28-/m1/s1. The van der Waals surface area contributed by atoms with Crippen molar-refractivity contribution in [1.29, 1.82) is 0 Å². The highest BCUT2D eigenvalue weighted by molar-refractivity contribution is 7.98. The van der Waals surface area contributed by atoms with Crippen molar-refractivity contribution in [3.63, 3.8) is 0 Å². The highest BCUT2D eigenvalue weighted by Gasteiger charge is 2.26. The van der Waals surface area contributed by atoms with E-state index in [-0.39, 0.29) is 10.8 Å². The quantitative estimate of drug-likeness (QED) is 0.123. The van der Waals surface area contributed by atoms with E-state index < -0.39 is 22.1 Å². The van der Waals surface area contributed by atoms with Gasteiger partial charge in [0.2, 0.25) is 5.91 Å². The first-order valence-corrected chi connectivity index (χ1v) is 18.4. The van der Waals surface area contributed by atoms with Crippen LogP contribution in [0.5, 0.6) is 0 Å². The zero-order chi connectivity index (χ0) is 30.9. The average Bonchev–Trinajstić information content (AvgIpc) is 2.99. The van der Waals surface area contributed by atoms with Gasteiger partial charge in [0.15, 0.2) is 0 Å². The number of sulfonamides is 1. The summed E-state index contributed by atoms with van der Waals surface area (Å²) in [5.41, 5.74) is 0.691. The summed E-state index contributed by atoms with van der Waals surface area (Å²) in [6, 6.07) is 8.47. The number of carbonyl (C=O) groups is 2. The fourth-order valence-electron chi connectivity index (χ4n) is 5.15. The number of aromatic nitrogens is 1. The minimum Gasteiger partial charge on any atom is -0.370 e. The van der Waals surface area contributed by atoms with Crippen LogP contribution in [0.15, 0.2) is 47.5 Å². The molecule has 0 saturated heterocycles. The first-order chi connectivity index (χ1) is 20.8. The molecule has 3 rings (SSSR count). The van der Waals surface area contributed by atoms with E-state index in [2.05, 4.69) is 37.9 Å². The second kappa shape index (κ2) is 18.6. The molecule has 2 aromatic rings. The minimum atomic E-state index is -3.89. The summed E-state index contributed by atoms with van der Waals surface area (Å²) in [4.78, 5) is 30.2. The van der Waals surface area contributed by atoms with Crippen molar-refractivity contribution in [1.82, 2.24) is 15.6 Å². The monoisotopic (exact) mass is 632 g/mol. The zero-order valence-electron chi connectivity index (χ0n) is 25.5. The van der Waals surface area contributed by atoms with Crippen LogP contribution in [0.25, 0.3) is 0 Å². The molecule has 1 fully saturated rings. The molecule has 12 heteroatoms. The molecule has 1 aliphatic carbocycles. The molecule has 1 atom stereocenters. The molecule has 1 aliphatic rings. The predicted octanol–water partition coefficient (Wildman–Crippen LogP) is 6.20. The molecule has 3 amide bonds. The van der Waals surface area contributed by atoms with E-state index in [0.29, 0.717) is 36.1 Å². The normalized spacial score (nSPS) is 14.5. The Kier molecular flexibility index (Phi) is 14.9. The Bertz CT molecular complexity index is 1240. The number of benzene rings is 1. The van der Waals surface area contributed by atoms with Gasteiger partial charge >= 0.3 is 6.03 Å². The van der Waals surface area contributed by atoms with Gasteiger partial charge in [-0.1, -0.05) is 64.4 Å². The van der Waals surface area contributed by atoms with Gasteiger partial charge < -0.3 is 21.3 Å². The molecule has 10 nitrogen and oxygen atoms in total. The molecule has 1 aromatic carbocycles. The van der Waals surface area contributed by atoms with Crippen molar-refractivity contribution < 1.29 is 18.0 Å². The number of thioether (sulfide) groups is 1. The maximum atomic E-state index is 13.0. The molecular weight excluding hydrogens is 585 g/mol. The lowest BCUT2D eigenvalue weighted by Gasteiger charge is -2.26. The smallest absolute Gasteiger partial charge is 0.319 e. The third-order valence-corrected chi connectivity index (χ3v) is 9.56. The van der Waals surface area contributed by atoms with Gasteiger partial charge in [0.05, 0.1) is 5.69 Å². The lowest BCUT2D eigenvalue weighted by molar-refractivity contribution is -0.123. The Morgan fingerprint density at radius 3 is 2.51 bits per heavy atom. The van der Waals surface area contributed by atoms with Crippen LogP contribution in [-0.2, 0) is 14.8 Å². The molecule has 43 heavy (non-hydrogen) atoms. The van der Waals surface area contributed by atoms with E-state index in [9.17, 15) is 18.0 Å². The van der Waals surface area contributed by atoms with Crippen molar-refractivity contribution in [3.05, 3.63) is 42.6 Å². The van der Waals surface area contributed by atoms with Crippen molar-refractivity contribution in [3.8, 4) is 0 Å². The lowest BCUT2D eigenvalue weighted by Crippen LogP contribution is -2.49. The molecule has 0 unspecified atom stereocenters. The number of nitrogens with zero attached hydrogens (tertiary/aromatic N) is 1. The van der Waals surface area contributed by atoms with Crippen LogP contribution in [-0.4, -0.2) is 56.5 Å². The van der Waals surface area contributed by atoms with Crippen LogP contribution in [0.2, 0.25) is 0 Å². The largest absolute Gasteiger partial charge is 0.370 e. The summed E-state index contributed by atoms with van der Waals surface area (Å²) >= 11 is 1.73. The first-order valence-electron chi connectivity index (χ1n) is 15.5. The third kappa shape index (κ3) is 12.6. The summed E-state index contributed by atoms with van der Waals surface area (Å²) in [5.74, 6) is 1.82. The van der Waals surface area contributed by atoms with Gasteiger partial charge in [-0.15, -0.1) is 0 Å². The molecule has 1 heterocycles. The van der Waals surface area contributed by atoms with Crippen molar-refractivity contribution in [2.24, 2.45) is 5.92 Å². The molecule has 5 N–H and O–H groups in total. The number of pyridine rings is 1. The number of nitrogens with one attached hydrogen (secondary N) is 5. The van der Waals surface area contributed by atoms with E-state index in [0.717, 1.165) is 57.2 Å². The second-order valence-corrected chi connectivity index (χ2v) is 13.7. The van der Waals surface area contributed by atoms with Crippen LogP contribution >= 0.6 is 11.8 Å². The lowest BCUT2D eigenvalue weighted by atomic mass is 9.84. The van der Waals surface area contributed by atoms with Gasteiger partial charge in [-0.05, 0) is 67.5 Å². The number of anilines is 3. The zero-order valence-corrected chi connectivity index (χ0v) is 27.1. The highest BCUT2D eigenvalue weighted by Crippen LogP contribution is 2.27. The van der Waals surface area contributed by atoms with Crippen LogP contribution in [0, 0.1) is 5.92 Å². The van der Waals surface area contributed by atoms with E-state index in [1.807, 2.05) is 6.26 Å². The molecule has 0 radical (unpaired) electrons. The van der Waals surface area contributed by atoms with Crippen LogP contribution in [0.3, 0.4) is 0 Å². The first kappa shape index (κ1) is 34.5. The molecule has 0 bridgehead atoms. The number of amides is 3. The maximum absolute atomic E-state index is 13.0. The number of hydrogen-bond donors (Lipinski definition) is 5. The van der Waals surface area contributed by atoms with Crippen molar-refractivity contribution >= 4 is 50.9 Å². The third-order valence-electron chi connectivity index (χ3n) is 7.50. The summed E-state index contributed by atoms with van der Waals surface area (Å²) in [7, 11) is -3.89. The highest BCUT2D eigenvalue weighted by atomic mass is 32.2. The van der Waals surface area contributed by atoms with E-state index in [1.54, 1.807) is 36.0 Å². The van der Waals surface area contributed by atoms with E-state index >= 15 is 0 Å². The van der Waals surface area contributed by atoms with Crippen LogP contribution < -0.4 is 26.0 Å². The second-order valence-electron chi connectivity index (χ2n) is 11.1. The fraction of sp³-hybridized carbons (Fsp3) is 0.581. The molecule has 238 valence electrons. The number of unbranched alkanes of at least 4 members (excludes halogenated alkanes) is 3. The van der Waals surface area contributed by atoms with Gasteiger partial charge in [0.1, 0.15) is 16.8 Å². The molecular formula is C31H48N6O4S2.